The number of ether oxygens (including phenoxy) is 2. The van der Waals surface area contributed by atoms with Gasteiger partial charge in [0.25, 0.3) is 0 Å². The minimum Gasteiger partial charge on any atom is -0.490 e. The third-order valence-corrected chi connectivity index (χ3v) is 2.79. The molecule has 0 unspecified atom stereocenters. The second kappa shape index (κ2) is 7.55. The van der Waals surface area contributed by atoms with Crippen LogP contribution in [0.25, 0.3) is 0 Å². The molecule has 5 nitrogen and oxygen atoms in total. The van der Waals surface area contributed by atoms with Crippen LogP contribution in [0.4, 0.5) is 0 Å². The number of H-pyrrole nitrogens is 1. The first-order valence-electron chi connectivity index (χ1n) is 6.85. The summed E-state index contributed by atoms with van der Waals surface area (Å²) in [5.41, 5.74) is 2.24. The van der Waals surface area contributed by atoms with Gasteiger partial charge < -0.3 is 14.8 Å². The van der Waals surface area contributed by atoms with Crippen LogP contribution in [0.15, 0.2) is 30.3 Å². The molecule has 0 aliphatic heterocycles. The maximum atomic E-state index is 5.61. The van der Waals surface area contributed by atoms with Crippen molar-refractivity contribution in [1.82, 2.24) is 15.5 Å². The smallest absolute Gasteiger partial charge is 0.232 e. The number of benzene rings is 1. The molecule has 1 heterocycles. The zero-order chi connectivity index (χ0) is 14.2. The average Bonchev–Trinajstić information content (AvgIpc) is 2.88. The molecule has 0 fully saturated rings. The molecule has 0 aliphatic rings. The van der Waals surface area contributed by atoms with E-state index in [0.717, 1.165) is 24.5 Å². The van der Waals surface area contributed by atoms with Crippen molar-refractivity contribution in [3.05, 3.63) is 41.6 Å². The van der Waals surface area contributed by atoms with Gasteiger partial charge in [0, 0.05) is 18.3 Å². The van der Waals surface area contributed by atoms with Crippen LogP contribution in [-0.4, -0.2) is 30.0 Å². The summed E-state index contributed by atoms with van der Waals surface area (Å²) >= 11 is 0. The van der Waals surface area contributed by atoms with Crippen LogP contribution >= 0.6 is 0 Å². The van der Waals surface area contributed by atoms with Gasteiger partial charge in [-0.25, -0.2) is 0 Å². The molecule has 2 aromatic rings. The molecule has 2 rings (SSSR count). The SMILES string of the molecule is CCNCc1ccc(OCCOc2cc(C)[nH]n2)cc1. The standard InChI is InChI=1S/C15H21N3O2/c1-3-16-11-13-4-6-14(7-5-13)19-8-9-20-15-10-12(2)17-18-15/h4-7,10,16H,3,8-9,11H2,1-2H3,(H,17,18). The molecule has 1 aromatic heterocycles. The highest BCUT2D eigenvalue weighted by atomic mass is 16.5. The summed E-state index contributed by atoms with van der Waals surface area (Å²) in [6, 6.07) is 9.94. The van der Waals surface area contributed by atoms with Gasteiger partial charge in [0.15, 0.2) is 0 Å². The van der Waals surface area contributed by atoms with Crippen molar-refractivity contribution < 1.29 is 9.47 Å². The van der Waals surface area contributed by atoms with Crippen molar-refractivity contribution >= 4 is 0 Å². The Balaban J connectivity index is 1.68. The van der Waals surface area contributed by atoms with Gasteiger partial charge in [0.2, 0.25) is 5.88 Å². The zero-order valence-electron chi connectivity index (χ0n) is 12.0. The maximum absolute atomic E-state index is 5.61. The fraction of sp³-hybridized carbons (Fsp3) is 0.400. The molecule has 20 heavy (non-hydrogen) atoms. The van der Waals surface area contributed by atoms with Gasteiger partial charge in [-0.1, -0.05) is 19.1 Å². The number of rotatable bonds is 8. The van der Waals surface area contributed by atoms with Crippen molar-refractivity contribution in [3.8, 4) is 11.6 Å². The summed E-state index contributed by atoms with van der Waals surface area (Å²) in [7, 11) is 0. The number of hydrogen-bond acceptors (Lipinski definition) is 4. The second-order valence-electron chi connectivity index (χ2n) is 4.51. The van der Waals surface area contributed by atoms with E-state index in [4.69, 9.17) is 9.47 Å². The van der Waals surface area contributed by atoms with Crippen LogP contribution in [0.3, 0.4) is 0 Å². The first kappa shape index (κ1) is 14.4. The topological polar surface area (TPSA) is 59.2 Å². The molecule has 0 spiro atoms. The number of aromatic amines is 1. The summed E-state index contributed by atoms with van der Waals surface area (Å²) in [5.74, 6) is 1.46. The third kappa shape index (κ3) is 4.59. The lowest BCUT2D eigenvalue weighted by atomic mass is 10.2. The average molecular weight is 275 g/mol. The minimum atomic E-state index is 0.476. The summed E-state index contributed by atoms with van der Waals surface area (Å²) in [6.45, 7) is 6.87. The lowest BCUT2D eigenvalue weighted by Gasteiger charge is -2.07. The number of hydrogen-bond donors (Lipinski definition) is 2. The molecular formula is C15H21N3O2. The van der Waals surface area contributed by atoms with E-state index in [1.54, 1.807) is 0 Å². The van der Waals surface area contributed by atoms with E-state index in [0.29, 0.717) is 19.1 Å². The van der Waals surface area contributed by atoms with Gasteiger partial charge in [-0.2, -0.15) is 0 Å². The second-order valence-corrected chi connectivity index (χ2v) is 4.51. The highest BCUT2D eigenvalue weighted by molar-refractivity contribution is 5.27. The van der Waals surface area contributed by atoms with Gasteiger partial charge >= 0.3 is 0 Å². The number of aromatic nitrogens is 2. The summed E-state index contributed by atoms with van der Waals surface area (Å²) < 4.78 is 11.1. The Hall–Kier alpha value is -2.01. The molecule has 0 atom stereocenters. The van der Waals surface area contributed by atoms with E-state index in [1.165, 1.54) is 5.56 Å². The van der Waals surface area contributed by atoms with Crippen molar-refractivity contribution in [2.45, 2.75) is 20.4 Å². The van der Waals surface area contributed by atoms with E-state index >= 15 is 0 Å². The molecule has 108 valence electrons. The molecule has 0 aliphatic carbocycles. The molecule has 0 saturated carbocycles. The Morgan fingerprint density at radius 2 is 1.90 bits per heavy atom. The molecule has 0 bridgehead atoms. The highest BCUT2D eigenvalue weighted by Gasteiger charge is 1.99. The normalized spacial score (nSPS) is 10.5. The van der Waals surface area contributed by atoms with Crippen molar-refractivity contribution in [2.24, 2.45) is 0 Å². The Labute approximate surface area is 119 Å². The first-order valence-corrected chi connectivity index (χ1v) is 6.85. The molecule has 2 N–H and O–H groups in total. The Morgan fingerprint density at radius 1 is 1.15 bits per heavy atom. The van der Waals surface area contributed by atoms with Crippen LogP contribution in [-0.2, 0) is 6.54 Å². The Morgan fingerprint density at radius 3 is 2.55 bits per heavy atom. The van der Waals surface area contributed by atoms with E-state index < -0.39 is 0 Å². The molecule has 0 amide bonds. The van der Waals surface area contributed by atoms with E-state index in [1.807, 2.05) is 25.1 Å². The van der Waals surface area contributed by atoms with Crippen molar-refractivity contribution in [3.63, 3.8) is 0 Å². The van der Waals surface area contributed by atoms with Gasteiger partial charge in [-0.15, -0.1) is 5.10 Å². The van der Waals surface area contributed by atoms with Crippen LogP contribution in [0.2, 0.25) is 0 Å². The van der Waals surface area contributed by atoms with Crippen LogP contribution in [0, 0.1) is 6.92 Å². The maximum Gasteiger partial charge on any atom is 0.232 e. The van der Waals surface area contributed by atoms with Gasteiger partial charge in [0.05, 0.1) is 0 Å². The van der Waals surface area contributed by atoms with E-state index in [9.17, 15) is 0 Å². The first-order chi connectivity index (χ1) is 9.78. The Bertz CT molecular complexity index is 508. The minimum absolute atomic E-state index is 0.476. The van der Waals surface area contributed by atoms with E-state index in [-0.39, 0.29) is 0 Å². The van der Waals surface area contributed by atoms with Crippen molar-refractivity contribution in [1.29, 1.82) is 0 Å². The number of aryl methyl sites for hydroxylation is 1. The molecule has 1 aromatic carbocycles. The largest absolute Gasteiger partial charge is 0.490 e. The quantitative estimate of drug-likeness (QED) is 0.726. The highest BCUT2D eigenvalue weighted by Crippen LogP contribution is 2.12. The fourth-order valence-corrected chi connectivity index (χ4v) is 1.75. The van der Waals surface area contributed by atoms with Crippen molar-refractivity contribution in [2.75, 3.05) is 19.8 Å². The predicted octanol–water partition coefficient (Wildman–Crippen LogP) is 2.29. The lowest BCUT2D eigenvalue weighted by molar-refractivity contribution is 0.212. The van der Waals surface area contributed by atoms with Crippen LogP contribution in [0.5, 0.6) is 11.6 Å². The Kier molecular flexibility index (Phi) is 5.43. The number of nitrogens with zero attached hydrogens (tertiary/aromatic N) is 1. The fourth-order valence-electron chi connectivity index (χ4n) is 1.75. The predicted molar refractivity (Wildman–Crippen MR) is 78.1 cm³/mol. The lowest BCUT2D eigenvalue weighted by Crippen LogP contribution is -2.12. The monoisotopic (exact) mass is 275 g/mol. The number of nitrogens with one attached hydrogen (secondary N) is 2. The van der Waals surface area contributed by atoms with Gasteiger partial charge in [-0.3, -0.25) is 5.10 Å². The summed E-state index contributed by atoms with van der Waals surface area (Å²) in [6.07, 6.45) is 0. The third-order valence-electron chi connectivity index (χ3n) is 2.79. The summed E-state index contributed by atoms with van der Waals surface area (Å²) in [5, 5.41) is 10.1. The molecular weight excluding hydrogens is 254 g/mol. The van der Waals surface area contributed by atoms with Gasteiger partial charge in [-0.05, 0) is 31.2 Å². The molecule has 0 radical (unpaired) electrons. The zero-order valence-corrected chi connectivity index (χ0v) is 12.0. The van der Waals surface area contributed by atoms with Crippen LogP contribution in [0.1, 0.15) is 18.2 Å². The molecule has 0 saturated heterocycles. The van der Waals surface area contributed by atoms with Crippen LogP contribution < -0.4 is 14.8 Å². The van der Waals surface area contributed by atoms with E-state index in [2.05, 4.69) is 34.6 Å². The molecule has 5 heteroatoms. The summed E-state index contributed by atoms with van der Waals surface area (Å²) in [4.78, 5) is 0. The van der Waals surface area contributed by atoms with Gasteiger partial charge in [0.1, 0.15) is 19.0 Å².